The molecule has 1 heterocycles. The Balaban J connectivity index is 1.80. The first kappa shape index (κ1) is 14.8. The summed E-state index contributed by atoms with van der Waals surface area (Å²) in [6.07, 6.45) is 3.99. The van der Waals surface area contributed by atoms with Gasteiger partial charge in [-0.15, -0.1) is 11.3 Å². The predicted octanol–water partition coefficient (Wildman–Crippen LogP) is 5.25. The Kier molecular flexibility index (Phi) is 4.77. The zero-order chi connectivity index (χ0) is 14.7. The second kappa shape index (κ2) is 6.76. The van der Waals surface area contributed by atoms with Crippen molar-refractivity contribution in [1.82, 2.24) is 5.32 Å². The van der Waals surface area contributed by atoms with Crippen LogP contribution in [0.1, 0.15) is 49.6 Å². The van der Waals surface area contributed by atoms with Crippen molar-refractivity contribution in [2.24, 2.45) is 11.8 Å². The summed E-state index contributed by atoms with van der Waals surface area (Å²) in [5, 5.41) is 6.13. The molecule has 1 N–H and O–H groups in total. The average Bonchev–Trinajstić information content (AvgIpc) is 2.98. The molecule has 0 bridgehead atoms. The van der Waals surface area contributed by atoms with Gasteiger partial charge in [0, 0.05) is 10.9 Å². The number of rotatable bonds is 4. The van der Waals surface area contributed by atoms with Crippen LogP contribution in [0.25, 0.3) is 0 Å². The summed E-state index contributed by atoms with van der Waals surface area (Å²) < 4.78 is 0. The predicted molar refractivity (Wildman–Crippen MR) is 91.7 cm³/mol. The maximum atomic E-state index is 3.95. The lowest BCUT2D eigenvalue weighted by atomic mass is 9.80. The van der Waals surface area contributed by atoms with Gasteiger partial charge in [-0.1, -0.05) is 50.2 Å². The van der Waals surface area contributed by atoms with E-state index in [9.17, 15) is 0 Å². The largest absolute Gasteiger partial charge is 0.303 e. The van der Waals surface area contributed by atoms with E-state index < -0.39 is 0 Å². The quantitative estimate of drug-likeness (QED) is 0.813. The normalized spacial score (nSPS) is 27.4. The molecule has 1 aromatic heterocycles. The second-order valence-corrected chi connectivity index (χ2v) is 7.62. The van der Waals surface area contributed by atoms with Crippen molar-refractivity contribution in [2.75, 3.05) is 0 Å². The molecule has 1 nitrogen and oxygen atoms in total. The molecule has 3 rings (SSSR count). The highest BCUT2D eigenvalue weighted by atomic mass is 32.1. The van der Waals surface area contributed by atoms with Crippen molar-refractivity contribution >= 4 is 11.3 Å². The molecule has 112 valence electrons. The highest BCUT2D eigenvalue weighted by molar-refractivity contribution is 7.10. The average molecular weight is 299 g/mol. The lowest BCUT2D eigenvalue weighted by Crippen LogP contribution is -2.38. The summed E-state index contributed by atoms with van der Waals surface area (Å²) >= 11 is 1.85. The van der Waals surface area contributed by atoms with Crippen LogP contribution >= 0.6 is 11.3 Å². The molecule has 1 aromatic carbocycles. The van der Waals surface area contributed by atoms with Crippen LogP contribution in [0.5, 0.6) is 0 Å². The molecule has 21 heavy (non-hydrogen) atoms. The monoisotopic (exact) mass is 299 g/mol. The van der Waals surface area contributed by atoms with E-state index in [0.29, 0.717) is 12.1 Å². The Morgan fingerprint density at radius 2 is 1.67 bits per heavy atom. The van der Waals surface area contributed by atoms with Gasteiger partial charge in [0.25, 0.3) is 0 Å². The molecule has 1 fully saturated rings. The van der Waals surface area contributed by atoms with Crippen molar-refractivity contribution in [3.8, 4) is 0 Å². The fraction of sp³-hybridized carbons (Fsp3) is 0.474. The van der Waals surface area contributed by atoms with Gasteiger partial charge < -0.3 is 5.32 Å². The smallest absolute Gasteiger partial charge is 0.0673 e. The maximum absolute atomic E-state index is 3.95. The third-order valence-electron chi connectivity index (χ3n) is 4.54. The molecule has 2 aromatic rings. The van der Waals surface area contributed by atoms with Crippen LogP contribution in [0, 0.1) is 11.8 Å². The van der Waals surface area contributed by atoms with Gasteiger partial charge >= 0.3 is 0 Å². The summed E-state index contributed by atoms with van der Waals surface area (Å²) in [5.41, 5.74) is 1.38. The number of hydrogen-bond donors (Lipinski definition) is 1. The van der Waals surface area contributed by atoms with Gasteiger partial charge in [0.1, 0.15) is 0 Å². The Bertz CT molecular complexity index is 524. The minimum absolute atomic E-state index is 0.341. The van der Waals surface area contributed by atoms with Gasteiger partial charge in [-0.2, -0.15) is 0 Å². The summed E-state index contributed by atoms with van der Waals surface area (Å²) in [7, 11) is 0. The van der Waals surface area contributed by atoms with Gasteiger partial charge in [-0.25, -0.2) is 0 Å². The topological polar surface area (TPSA) is 12.0 Å². The first-order valence-corrected chi connectivity index (χ1v) is 8.94. The number of benzene rings is 1. The van der Waals surface area contributed by atoms with E-state index in [4.69, 9.17) is 0 Å². The van der Waals surface area contributed by atoms with E-state index in [1.54, 1.807) is 0 Å². The molecule has 0 radical (unpaired) electrons. The number of thiophene rings is 1. The van der Waals surface area contributed by atoms with E-state index in [2.05, 4.69) is 67.0 Å². The minimum atomic E-state index is 0.341. The SMILES string of the molecule is CC1CC(C)CC(NC(c2ccccc2)c2cccs2)C1. The summed E-state index contributed by atoms with van der Waals surface area (Å²) in [6, 6.07) is 16.3. The molecule has 0 amide bonds. The van der Waals surface area contributed by atoms with Gasteiger partial charge in [0.15, 0.2) is 0 Å². The van der Waals surface area contributed by atoms with Gasteiger partial charge in [0.2, 0.25) is 0 Å². The van der Waals surface area contributed by atoms with E-state index in [0.717, 1.165) is 11.8 Å². The van der Waals surface area contributed by atoms with E-state index in [-0.39, 0.29) is 0 Å². The summed E-state index contributed by atoms with van der Waals surface area (Å²) in [4.78, 5) is 1.42. The molecular formula is C19H25NS. The molecule has 1 aliphatic rings. The van der Waals surface area contributed by atoms with Crippen LogP contribution < -0.4 is 5.32 Å². The second-order valence-electron chi connectivity index (χ2n) is 6.64. The Hall–Kier alpha value is -1.12. The fourth-order valence-corrected chi connectivity index (χ4v) is 4.57. The van der Waals surface area contributed by atoms with Gasteiger partial charge in [-0.3, -0.25) is 0 Å². The molecule has 0 saturated heterocycles. The molecule has 0 spiro atoms. The first-order valence-electron chi connectivity index (χ1n) is 8.06. The highest BCUT2D eigenvalue weighted by Crippen LogP contribution is 2.32. The molecule has 2 heteroatoms. The Labute approximate surface area is 132 Å². The lowest BCUT2D eigenvalue weighted by molar-refractivity contribution is 0.232. The molecule has 3 atom stereocenters. The van der Waals surface area contributed by atoms with Crippen LogP contribution in [0.15, 0.2) is 47.8 Å². The van der Waals surface area contributed by atoms with Crippen LogP contribution in [0.3, 0.4) is 0 Å². The zero-order valence-electron chi connectivity index (χ0n) is 13.0. The van der Waals surface area contributed by atoms with Crippen LogP contribution in [-0.4, -0.2) is 6.04 Å². The Morgan fingerprint density at radius 3 is 2.29 bits per heavy atom. The maximum Gasteiger partial charge on any atom is 0.0673 e. The third-order valence-corrected chi connectivity index (χ3v) is 5.48. The van der Waals surface area contributed by atoms with Crippen molar-refractivity contribution < 1.29 is 0 Å². The Morgan fingerprint density at radius 1 is 0.952 bits per heavy atom. The fourth-order valence-electron chi connectivity index (χ4n) is 3.76. The van der Waals surface area contributed by atoms with E-state index >= 15 is 0 Å². The first-order chi connectivity index (χ1) is 10.2. The number of hydrogen-bond acceptors (Lipinski definition) is 2. The van der Waals surface area contributed by atoms with Crippen LogP contribution in [-0.2, 0) is 0 Å². The highest BCUT2D eigenvalue weighted by Gasteiger charge is 2.27. The molecule has 1 saturated carbocycles. The zero-order valence-corrected chi connectivity index (χ0v) is 13.8. The molecular weight excluding hydrogens is 274 g/mol. The lowest BCUT2D eigenvalue weighted by Gasteiger charge is -2.34. The van der Waals surface area contributed by atoms with Gasteiger partial charge in [0.05, 0.1) is 6.04 Å². The molecule has 3 unspecified atom stereocenters. The van der Waals surface area contributed by atoms with Crippen LogP contribution in [0.2, 0.25) is 0 Å². The van der Waals surface area contributed by atoms with Crippen molar-refractivity contribution in [3.05, 3.63) is 58.3 Å². The van der Waals surface area contributed by atoms with Crippen LogP contribution in [0.4, 0.5) is 0 Å². The van der Waals surface area contributed by atoms with Crippen molar-refractivity contribution in [1.29, 1.82) is 0 Å². The molecule has 0 aliphatic heterocycles. The molecule has 1 aliphatic carbocycles. The van der Waals surface area contributed by atoms with Crippen molar-refractivity contribution in [3.63, 3.8) is 0 Å². The summed E-state index contributed by atoms with van der Waals surface area (Å²) in [6.45, 7) is 4.79. The van der Waals surface area contributed by atoms with Crippen molar-refractivity contribution in [2.45, 2.75) is 45.2 Å². The number of nitrogens with one attached hydrogen (secondary N) is 1. The third kappa shape index (κ3) is 3.75. The van der Waals surface area contributed by atoms with E-state index in [1.165, 1.54) is 29.7 Å². The summed E-state index contributed by atoms with van der Waals surface area (Å²) in [5.74, 6) is 1.68. The van der Waals surface area contributed by atoms with Gasteiger partial charge in [-0.05, 0) is 48.1 Å². The standard InChI is InChI=1S/C19H25NS/c1-14-11-15(2)13-17(12-14)20-19(18-9-6-10-21-18)16-7-4-3-5-8-16/h3-10,14-15,17,19-20H,11-13H2,1-2H3. The minimum Gasteiger partial charge on any atom is -0.303 e. The van der Waals surface area contributed by atoms with E-state index in [1.807, 2.05) is 11.3 Å².